The third-order valence-corrected chi connectivity index (χ3v) is 6.94. The van der Waals surface area contributed by atoms with E-state index in [-0.39, 0.29) is 0 Å². The van der Waals surface area contributed by atoms with Crippen molar-refractivity contribution in [1.82, 2.24) is 0 Å². The van der Waals surface area contributed by atoms with Gasteiger partial charge in [-0.25, -0.2) is 0 Å². The monoisotopic (exact) mass is 528 g/mol. The number of benzene rings is 4. The van der Waals surface area contributed by atoms with Gasteiger partial charge in [-0.3, -0.25) is 9.09 Å². The molecule has 0 heterocycles. The minimum absolute atomic E-state index is 0.401. The molecule has 0 aliphatic heterocycles. The summed E-state index contributed by atoms with van der Waals surface area (Å²) in [4.78, 5) is 9.95. The molecule has 1 N–H and O–H groups in total. The highest BCUT2D eigenvalue weighted by Gasteiger charge is 2.37. The first kappa shape index (κ1) is 27.5. The van der Waals surface area contributed by atoms with Gasteiger partial charge in [0.15, 0.2) is 0 Å². The van der Waals surface area contributed by atoms with Gasteiger partial charge in [-0.05, 0) is 51.7 Å². The number of unbranched alkanes of at least 4 members (excludes halogenated alkanes) is 1. The third-order valence-electron chi connectivity index (χ3n) is 5.87. The van der Waals surface area contributed by atoms with Crippen LogP contribution < -0.4 is 0 Å². The highest BCUT2D eigenvalue weighted by Crippen LogP contribution is 2.43. The standard InChI is InChI=1S/C25H21Cl2O3P.C4H10/c26-21-12-8-18(9-13-21)16-25(30-31(28)29,17-19-10-14-22(27)15-11-19)24-7-3-5-20-4-1-2-6-23(20)24;1-3-4-2/h1-15,31H,16-17H2,(H,28,29);3-4H2,1-2H3. The fourth-order valence-electron chi connectivity index (χ4n) is 4.03. The summed E-state index contributed by atoms with van der Waals surface area (Å²) in [5, 5.41) is 3.29. The fourth-order valence-corrected chi connectivity index (χ4v) is 4.87. The summed E-state index contributed by atoms with van der Waals surface area (Å²) in [5.41, 5.74) is 1.71. The van der Waals surface area contributed by atoms with E-state index in [2.05, 4.69) is 13.8 Å². The zero-order valence-electron chi connectivity index (χ0n) is 20.0. The van der Waals surface area contributed by atoms with E-state index in [0.717, 1.165) is 27.5 Å². The second kappa shape index (κ2) is 13.3. The fraction of sp³-hybridized carbons (Fsp3) is 0.241. The summed E-state index contributed by atoms with van der Waals surface area (Å²) in [6.07, 6.45) is 3.44. The number of hydrogen-bond acceptors (Lipinski definition) is 2. The van der Waals surface area contributed by atoms with Crippen molar-refractivity contribution in [2.24, 2.45) is 0 Å². The van der Waals surface area contributed by atoms with Gasteiger partial charge in [0.1, 0.15) is 5.60 Å². The van der Waals surface area contributed by atoms with Crippen LogP contribution in [0.15, 0.2) is 91.0 Å². The lowest BCUT2D eigenvalue weighted by Gasteiger charge is -2.35. The molecule has 0 fully saturated rings. The van der Waals surface area contributed by atoms with Crippen LogP contribution in [-0.4, -0.2) is 4.89 Å². The maximum absolute atomic E-state index is 12.1. The van der Waals surface area contributed by atoms with Gasteiger partial charge in [-0.2, -0.15) is 0 Å². The molecule has 4 aromatic rings. The smallest absolute Gasteiger partial charge is 0.317 e. The van der Waals surface area contributed by atoms with E-state index < -0.39 is 13.9 Å². The minimum Gasteiger partial charge on any atom is -0.326 e. The minimum atomic E-state index is -3.26. The first-order valence-corrected chi connectivity index (χ1v) is 13.8. The molecule has 0 aliphatic carbocycles. The zero-order valence-corrected chi connectivity index (χ0v) is 22.5. The molecule has 1 atom stereocenters. The number of fused-ring (bicyclic) bond motifs is 1. The predicted octanol–water partition coefficient (Wildman–Crippen LogP) is 9.03. The zero-order chi connectivity index (χ0) is 25.3. The Bertz CT molecular complexity index is 1190. The van der Waals surface area contributed by atoms with Gasteiger partial charge in [0.2, 0.25) is 0 Å². The second-order valence-corrected chi connectivity index (χ2v) is 10.1. The topological polar surface area (TPSA) is 46.5 Å². The van der Waals surface area contributed by atoms with Crippen LogP contribution >= 0.6 is 31.5 Å². The highest BCUT2D eigenvalue weighted by molar-refractivity contribution is 7.32. The second-order valence-electron chi connectivity index (χ2n) is 8.50. The van der Waals surface area contributed by atoms with Gasteiger partial charge in [-0.15, -0.1) is 0 Å². The van der Waals surface area contributed by atoms with Crippen molar-refractivity contribution in [2.75, 3.05) is 0 Å². The summed E-state index contributed by atoms with van der Waals surface area (Å²) in [5.74, 6) is 0. The molecule has 0 saturated heterocycles. The Kier molecular flexibility index (Phi) is 10.4. The largest absolute Gasteiger partial charge is 0.326 e. The SMILES string of the molecule is CCCC.O=[PH](O)OC(Cc1ccc(Cl)cc1)(Cc1ccc(Cl)cc1)c1cccc2ccccc12. The van der Waals surface area contributed by atoms with Gasteiger partial charge >= 0.3 is 8.25 Å². The summed E-state index contributed by atoms with van der Waals surface area (Å²) in [6.45, 7) is 4.36. The Labute approximate surface area is 218 Å². The molecule has 35 heavy (non-hydrogen) atoms. The molecule has 0 saturated carbocycles. The van der Waals surface area contributed by atoms with Crippen molar-refractivity contribution >= 4 is 42.2 Å². The molecule has 0 spiro atoms. The van der Waals surface area contributed by atoms with Crippen LogP contribution in [0.3, 0.4) is 0 Å². The van der Waals surface area contributed by atoms with E-state index in [9.17, 15) is 9.46 Å². The number of hydrogen-bond donors (Lipinski definition) is 1. The Morgan fingerprint density at radius 1 is 0.743 bits per heavy atom. The van der Waals surface area contributed by atoms with Gasteiger partial charge in [0.05, 0.1) is 0 Å². The van der Waals surface area contributed by atoms with E-state index in [1.165, 1.54) is 12.8 Å². The average Bonchev–Trinajstić information content (AvgIpc) is 2.86. The molecule has 0 radical (unpaired) electrons. The summed E-state index contributed by atoms with van der Waals surface area (Å²) < 4.78 is 18.1. The molecule has 4 rings (SSSR count). The maximum Gasteiger partial charge on any atom is 0.317 e. The Hall–Kier alpha value is -2.13. The lowest BCUT2D eigenvalue weighted by Crippen LogP contribution is -2.33. The lowest BCUT2D eigenvalue weighted by molar-refractivity contribution is 0.0638. The average molecular weight is 529 g/mol. The van der Waals surface area contributed by atoms with Crippen LogP contribution in [0.4, 0.5) is 0 Å². The molecule has 0 aliphatic rings. The molecule has 4 aromatic carbocycles. The first-order chi connectivity index (χ1) is 16.9. The van der Waals surface area contributed by atoms with Crippen molar-refractivity contribution < 1.29 is 14.0 Å². The van der Waals surface area contributed by atoms with E-state index in [1.807, 2.05) is 91.0 Å². The molecule has 3 nitrogen and oxygen atoms in total. The summed E-state index contributed by atoms with van der Waals surface area (Å²) >= 11 is 12.2. The van der Waals surface area contributed by atoms with E-state index >= 15 is 0 Å². The van der Waals surface area contributed by atoms with Crippen LogP contribution in [0.25, 0.3) is 10.8 Å². The maximum atomic E-state index is 12.1. The van der Waals surface area contributed by atoms with Crippen molar-refractivity contribution in [3.05, 3.63) is 118 Å². The third kappa shape index (κ3) is 7.67. The molecular weight excluding hydrogens is 498 g/mol. The van der Waals surface area contributed by atoms with Gasteiger partial charge < -0.3 is 4.89 Å². The Morgan fingerprint density at radius 2 is 1.23 bits per heavy atom. The predicted molar refractivity (Wildman–Crippen MR) is 149 cm³/mol. The van der Waals surface area contributed by atoms with Gasteiger partial charge in [0, 0.05) is 22.9 Å². The summed E-state index contributed by atoms with van der Waals surface area (Å²) in [6, 6.07) is 28.9. The van der Waals surface area contributed by atoms with Crippen LogP contribution in [0.2, 0.25) is 10.0 Å². The van der Waals surface area contributed by atoms with Gasteiger partial charge in [-0.1, -0.05) is 117 Å². The summed E-state index contributed by atoms with van der Waals surface area (Å²) in [7, 11) is -3.26. The van der Waals surface area contributed by atoms with Crippen molar-refractivity contribution in [3.63, 3.8) is 0 Å². The van der Waals surface area contributed by atoms with E-state index in [1.54, 1.807) is 0 Å². The van der Waals surface area contributed by atoms with Crippen molar-refractivity contribution in [1.29, 1.82) is 0 Å². The molecule has 184 valence electrons. The Morgan fingerprint density at radius 3 is 1.71 bits per heavy atom. The van der Waals surface area contributed by atoms with Crippen LogP contribution in [0.5, 0.6) is 0 Å². The normalized spacial score (nSPS) is 12.1. The lowest BCUT2D eigenvalue weighted by atomic mass is 9.80. The first-order valence-electron chi connectivity index (χ1n) is 11.8. The number of rotatable bonds is 8. The molecule has 0 amide bonds. The van der Waals surface area contributed by atoms with Crippen LogP contribution in [0.1, 0.15) is 43.4 Å². The van der Waals surface area contributed by atoms with Gasteiger partial charge in [0.25, 0.3) is 0 Å². The quantitative estimate of drug-likeness (QED) is 0.232. The Balaban J connectivity index is 0.000000795. The highest BCUT2D eigenvalue weighted by atomic mass is 35.5. The molecule has 6 heteroatoms. The molecule has 0 aromatic heterocycles. The molecule has 0 bridgehead atoms. The van der Waals surface area contributed by atoms with E-state index in [0.29, 0.717) is 22.9 Å². The van der Waals surface area contributed by atoms with Crippen molar-refractivity contribution in [2.45, 2.75) is 45.1 Å². The van der Waals surface area contributed by atoms with Crippen LogP contribution in [-0.2, 0) is 27.5 Å². The van der Waals surface area contributed by atoms with Crippen molar-refractivity contribution in [3.8, 4) is 0 Å². The van der Waals surface area contributed by atoms with E-state index in [4.69, 9.17) is 27.7 Å². The molecule has 1 unspecified atom stereocenters. The molecular formula is C29H31Cl2O3P. The van der Waals surface area contributed by atoms with Crippen LogP contribution in [0, 0.1) is 0 Å². The number of halogens is 2.